The summed E-state index contributed by atoms with van der Waals surface area (Å²) < 4.78 is 5.45. The van der Waals surface area contributed by atoms with E-state index in [9.17, 15) is 14.9 Å². The Labute approximate surface area is 140 Å². The number of hydrogen-bond donors (Lipinski definition) is 1. The molecule has 0 aromatic heterocycles. The molecule has 0 aliphatic heterocycles. The fraction of sp³-hybridized carbons (Fsp3) is 0.278. The molecule has 126 valence electrons. The lowest BCUT2D eigenvalue weighted by Crippen LogP contribution is -2.30. The molecule has 6 heteroatoms. The van der Waals surface area contributed by atoms with Gasteiger partial charge in [-0.2, -0.15) is 0 Å². The molecule has 2 aromatic rings. The first-order valence-corrected chi connectivity index (χ1v) is 7.69. The number of anilines is 1. The van der Waals surface area contributed by atoms with Crippen molar-refractivity contribution in [1.29, 1.82) is 0 Å². The second kappa shape index (κ2) is 7.59. The Bertz CT molecular complexity index is 726. The fourth-order valence-corrected chi connectivity index (χ4v) is 2.15. The number of para-hydroxylation sites is 2. The molecule has 24 heavy (non-hydrogen) atoms. The quantitative estimate of drug-likeness (QED) is 0.638. The third-order valence-electron chi connectivity index (χ3n) is 3.58. The van der Waals surface area contributed by atoms with Crippen LogP contribution < -0.4 is 10.1 Å². The van der Waals surface area contributed by atoms with Crippen LogP contribution in [0.3, 0.4) is 0 Å². The van der Waals surface area contributed by atoms with E-state index < -0.39 is 11.0 Å². The van der Waals surface area contributed by atoms with Crippen molar-refractivity contribution in [2.24, 2.45) is 0 Å². The highest BCUT2D eigenvalue weighted by Crippen LogP contribution is 2.27. The minimum atomic E-state index is -0.865. The van der Waals surface area contributed by atoms with Crippen LogP contribution in [0, 0.1) is 10.1 Å². The van der Waals surface area contributed by atoms with Crippen LogP contribution >= 0.6 is 0 Å². The zero-order chi connectivity index (χ0) is 17.7. The molecule has 6 nitrogen and oxygen atoms in total. The molecular weight excluding hydrogens is 308 g/mol. The Balaban J connectivity index is 2.03. The van der Waals surface area contributed by atoms with Gasteiger partial charge in [0.25, 0.3) is 5.91 Å². The minimum absolute atomic E-state index is 0.0697. The largest absolute Gasteiger partial charge is 0.474 e. The average Bonchev–Trinajstić information content (AvgIpc) is 2.55. The van der Waals surface area contributed by atoms with Crippen LogP contribution in [0.5, 0.6) is 5.75 Å². The third-order valence-corrected chi connectivity index (χ3v) is 3.58. The molecule has 2 rings (SSSR count). The van der Waals surface area contributed by atoms with Crippen molar-refractivity contribution < 1.29 is 14.5 Å². The van der Waals surface area contributed by atoms with Crippen LogP contribution in [0.1, 0.15) is 32.3 Å². The summed E-state index contributed by atoms with van der Waals surface area (Å²) in [7, 11) is 0. The second-order valence-electron chi connectivity index (χ2n) is 5.75. The van der Waals surface area contributed by atoms with Gasteiger partial charge in [-0.25, -0.2) is 0 Å². The van der Waals surface area contributed by atoms with Gasteiger partial charge in [0, 0.05) is 11.8 Å². The minimum Gasteiger partial charge on any atom is -0.474 e. The first kappa shape index (κ1) is 17.5. The number of benzene rings is 2. The molecule has 1 amide bonds. The molecule has 0 aliphatic rings. The van der Waals surface area contributed by atoms with Crippen molar-refractivity contribution in [3.8, 4) is 5.75 Å². The van der Waals surface area contributed by atoms with E-state index in [1.165, 1.54) is 17.7 Å². The first-order chi connectivity index (χ1) is 11.4. The van der Waals surface area contributed by atoms with Crippen molar-refractivity contribution in [3.05, 3.63) is 64.2 Å². The number of hydrogen-bond acceptors (Lipinski definition) is 4. The van der Waals surface area contributed by atoms with E-state index in [-0.39, 0.29) is 17.3 Å². The second-order valence-corrected chi connectivity index (χ2v) is 5.75. The number of rotatable bonds is 6. The van der Waals surface area contributed by atoms with E-state index in [1.807, 2.05) is 24.3 Å². The number of carbonyl (C=O) groups excluding carboxylic acids is 1. The molecule has 1 atom stereocenters. The van der Waals surface area contributed by atoms with Gasteiger partial charge in [-0.3, -0.25) is 14.9 Å². The normalized spacial score (nSPS) is 11.8. The molecule has 2 aromatic carbocycles. The number of nitrogens with one attached hydrogen (secondary N) is 1. The van der Waals surface area contributed by atoms with Crippen molar-refractivity contribution in [1.82, 2.24) is 0 Å². The topological polar surface area (TPSA) is 81.5 Å². The summed E-state index contributed by atoms with van der Waals surface area (Å²) in [5.41, 5.74) is 1.66. The molecule has 0 heterocycles. The first-order valence-electron chi connectivity index (χ1n) is 7.69. The van der Waals surface area contributed by atoms with Crippen molar-refractivity contribution >= 4 is 17.3 Å². The summed E-state index contributed by atoms with van der Waals surface area (Å²) in [5.74, 6) is 0.112. The molecular formula is C18H20N2O4. The third kappa shape index (κ3) is 4.32. The number of ether oxygens (including phenoxy) is 1. The summed E-state index contributed by atoms with van der Waals surface area (Å²) in [6.07, 6.45) is -0.865. The van der Waals surface area contributed by atoms with E-state index in [2.05, 4.69) is 19.2 Å². The lowest BCUT2D eigenvalue weighted by molar-refractivity contribution is -0.386. The highest BCUT2D eigenvalue weighted by atomic mass is 16.6. The van der Waals surface area contributed by atoms with Gasteiger partial charge in [-0.05, 0) is 36.6 Å². The van der Waals surface area contributed by atoms with E-state index >= 15 is 0 Å². The van der Waals surface area contributed by atoms with Crippen LogP contribution in [-0.4, -0.2) is 16.9 Å². The Morgan fingerprint density at radius 3 is 2.29 bits per heavy atom. The van der Waals surface area contributed by atoms with Gasteiger partial charge in [0.2, 0.25) is 0 Å². The fourth-order valence-electron chi connectivity index (χ4n) is 2.15. The molecule has 0 unspecified atom stereocenters. The van der Waals surface area contributed by atoms with Gasteiger partial charge >= 0.3 is 5.69 Å². The van der Waals surface area contributed by atoms with E-state index in [1.54, 1.807) is 19.1 Å². The highest BCUT2D eigenvalue weighted by Gasteiger charge is 2.20. The number of nitro groups is 1. The molecule has 1 N–H and O–H groups in total. The smallest absolute Gasteiger partial charge is 0.310 e. The van der Waals surface area contributed by atoms with Crippen LogP contribution in [0.2, 0.25) is 0 Å². The van der Waals surface area contributed by atoms with E-state index in [0.29, 0.717) is 11.6 Å². The lowest BCUT2D eigenvalue weighted by atomic mass is 10.0. The van der Waals surface area contributed by atoms with Crippen LogP contribution in [-0.2, 0) is 4.79 Å². The Kier molecular flexibility index (Phi) is 5.52. The Morgan fingerprint density at radius 1 is 1.08 bits per heavy atom. The SMILES string of the molecule is CC(C)c1ccc(NC(=O)[C@H](C)Oc2ccccc2[N+](=O)[O-])cc1. The standard InChI is InChI=1S/C18H20N2O4/c1-12(2)14-8-10-15(11-9-14)19-18(21)13(3)24-17-7-5-4-6-16(17)20(22)23/h4-13H,1-3H3,(H,19,21)/t13-/m0/s1. The maximum atomic E-state index is 12.2. The van der Waals surface area contributed by atoms with Gasteiger partial charge in [0.05, 0.1) is 4.92 Å². The summed E-state index contributed by atoms with van der Waals surface area (Å²) in [4.78, 5) is 22.6. The number of carbonyl (C=O) groups is 1. The Hall–Kier alpha value is -2.89. The van der Waals surface area contributed by atoms with E-state index in [4.69, 9.17) is 4.74 Å². The predicted octanol–water partition coefficient (Wildman–Crippen LogP) is 4.12. The van der Waals surface area contributed by atoms with Crippen molar-refractivity contribution in [2.45, 2.75) is 32.8 Å². The maximum absolute atomic E-state index is 12.2. The molecule has 0 fully saturated rings. The summed E-state index contributed by atoms with van der Waals surface area (Å²) in [5, 5.41) is 13.7. The molecule has 0 saturated heterocycles. The van der Waals surface area contributed by atoms with Crippen LogP contribution in [0.15, 0.2) is 48.5 Å². The van der Waals surface area contributed by atoms with Gasteiger partial charge < -0.3 is 10.1 Å². The summed E-state index contributed by atoms with van der Waals surface area (Å²) in [6.45, 7) is 5.74. The molecule has 0 bridgehead atoms. The number of nitrogens with zero attached hydrogens (tertiary/aromatic N) is 1. The maximum Gasteiger partial charge on any atom is 0.310 e. The predicted molar refractivity (Wildman–Crippen MR) is 92.3 cm³/mol. The zero-order valence-corrected chi connectivity index (χ0v) is 13.9. The van der Waals surface area contributed by atoms with Crippen molar-refractivity contribution in [3.63, 3.8) is 0 Å². The van der Waals surface area contributed by atoms with Gasteiger partial charge in [-0.1, -0.05) is 38.1 Å². The lowest BCUT2D eigenvalue weighted by Gasteiger charge is -2.15. The van der Waals surface area contributed by atoms with Gasteiger partial charge in [0.15, 0.2) is 11.9 Å². The molecule has 0 radical (unpaired) electrons. The van der Waals surface area contributed by atoms with Crippen LogP contribution in [0.25, 0.3) is 0 Å². The van der Waals surface area contributed by atoms with Gasteiger partial charge in [0.1, 0.15) is 0 Å². The molecule has 0 saturated carbocycles. The number of nitro benzene ring substituents is 1. The van der Waals surface area contributed by atoms with Crippen molar-refractivity contribution in [2.75, 3.05) is 5.32 Å². The molecule has 0 spiro atoms. The van der Waals surface area contributed by atoms with E-state index in [0.717, 1.165) is 0 Å². The monoisotopic (exact) mass is 328 g/mol. The average molecular weight is 328 g/mol. The highest BCUT2D eigenvalue weighted by molar-refractivity contribution is 5.94. The van der Waals surface area contributed by atoms with Crippen LogP contribution in [0.4, 0.5) is 11.4 Å². The Morgan fingerprint density at radius 2 is 1.71 bits per heavy atom. The molecule has 0 aliphatic carbocycles. The number of amides is 1. The van der Waals surface area contributed by atoms with Gasteiger partial charge in [-0.15, -0.1) is 0 Å². The zero-order valence-electron chi connectivity index (χ0n) is 13.9. The summed E-state index contributed by atoms with van der Waals surface area (Å²) in [6, 6.07) is 13.5. The summed E-state index contributed by atoms with van der Waals surface area (Å²) >= 11 is 0.